The molecule has 1 atom stereocenters. The van der Waals surface area contributed by atoms with Crippen LogP contribution in [-0.4, -0.2) is 61.0 Å². The molecule has 10 nitrogen and oxygen atoms in total. The third kappa shape index (κ3) is 5.34. The number of nitrogens with zero attached hydrogens (tertiary/aromatic N) is 4. The summed E-state index contributed by atoms with van der Waals surface area (Å²) in [5.74, 6) is 0.181. The van der Waals surface area contributed by atoms with Gasteiger partial charge in [0, 0.05) is 18.0 Å². The molecule has 0 aliphatic carbocycles. The van der Waals surface area contributed by atoms with Crippen LogP contribution in [0.25, 0.3) is 21.7 Å². The zero-order valence-corrected chi connectivity index (χ0v) is 23.4. The highest BCUT2D eigenvalue weighted by Crippen LogP contribution is 2.28. The second-order valence-corrected chi connectivity index (χ2v) is 11.4. The van der Waals surface area contributed by atoms with E-state index in [1.807, 2.05) is 42.5 Å². The van der Waals surface area contributed by atoms with Gasteiger partial charge in [-0.25, -0.2) is 4.98 Å². The lowest BCUT2D eigenvalue weighted by molar-refractivity contribution is -0.151. The Morgan fingerprint density at radius 1 is 0.929 bits per heavy atom. The van der Waals surface area contributed by atoms with Crippen molar-refractivity contribution in [2.24, 2.45) is 4.40 Å². The van der Waals surface area contributed by atoms with Crippen LogP contribution in [0.1, 0.15) is 5.56 Å². The third-order valence-electron chi connectivity index (χ3n) is 6.96. The molecule has 212 valence electrons. The van der Waals surface area contributed by atoms with Gasteiger partial charge in [-0.05, 0) is 35.7 Å². The maximum Gasteiger partial charge on any atom is 0.326 e. The van der Waals surface area contributed by atoms with Crippen LogP contribution >= 0.6 is 0 Å². The molecule has 0 spiro atoms. The fourth-order valence-electron chi connectivity index (χ4n) is 4.96. The second-order valence-electron chi connectivity index (χ2n) is 9.86. The van der Waals surface area contributed by atoms with Crippen molar-refractivity contribution in [2.75, 3.05) is 20.2 Å². The van der Waals surface area contributed by atoms with Crippen molar-refractivity contribution < 1.29 is 22.7 Å². The molecular formula is C31H26N4O6S. The van der Waals surface area contributed by atoms with Crippen LogP contribution in [0, 0.1) is 0 Å². The first-order valence-electron chi connectivity index (χ1n) is 13.2. The van der Waals surface area contributed by atoms with Gasteiger partial charge < -0.3 is 14.4 Å². The highest BCUT2D eigenvalue weighted by Gasteiger charge is 2.32. The Morgan fingerprint density at radius 2 is 1.64 bits per heavy atom. The highest BCUT2D eigenvalue weighted by atomic mass is 32.2. The Balaban J connectivity index is 1.25. The molecule has 0 bridgehead atoms. The molecule has 0 N–H and O–H groups in total. The molecule has 0 fully saturated rings. The van der Waals surface area contributed by atoms with Crippen LogP contribution in [0.4, 0.5) is 0 Å². The van der Waals surface area contributed by atoms with Gasteiger partial charge in [-0.1, -0.05) is 60.7 Å². The topological polar surface area (TPSA) is 120 Å². The van der Waals surface area contributed by atoms with Crippen molar-refractivity contribution in [3.05, 3.63) is 113 Å². The number of carbonyl (C=O) groups is 1. The normalized spacial score (nSPS) is 14.3. The van der Waals surface area contributed by atoms with E-state index in [1.165, 1.54) is 17.0 Å². The molecule has 5 aromatic rings. The second kappa shape index (κ2) is 11.1. The van der Waals surface area contributed by atoms with E-state index >= 15 is 0 Å². The number of rotatable bonds is 8. The molecule has 1 aliphatic heterocycles. The van der Waals surface area contributed by atoms with E-state index in [9.17, 15) is 18.0 Å². The minimum absolute atomic E-state index is 0.0311. The molecule has 0 saturated carbocycles. The first-order chi connectivity index (χ1) is 20.3. The summed E-state index contributed by atoms with van der Waals surface area (Å²) in [6.45, 7) is -0.315. The fourth-order valence-corrected chi connectivity index (χ4v) is 6.22. The van der Waals surface area contributed by atoms with E-state index in [4.69, 9.17) is 9.47 Å². The van der Waals surface area contributed by atoms with Gasteiger partial charge >= 0.3 is 5.97 Å². The van der Waals surface area contributed by atoms with Crippen LogP contribution in [0.15, 0.2) is 111 Å². The van der Waals surface area contributed by atoms with Gasteiger partial charge in [-0.3, -0.25) is 14.2 Å². The molecule has 4 aromatic carbocycles. The fraction of sp³-hybridized carbons (Fsp3) is 0.161. The zero-order chi connectivity index (χ0) is 29.3. The number of likely N-dealkylation sites (N-methyl/N-ethyl adjacent to an activating group) is 1. The highest BCUT2D eigenvalue weighted by molar-refractivity contribution is 7.90. The Bertz CT molecular complexity index is 2020. The lowest BCUT2D eigenvalue weighted by Crippen LogP contribution is -2.40. The molecule has 0 unspecified atom stereocenters. The lowest BCUT2D eigenvalue weighted by Gasteiger charge is -2.26. The van der Waals surface area contributed by atoms with E-state index in [0.717, 1.165) is 10.8 Å². The Hall–Kier alpha value is -5.03. The number of hydrogen-bond acceptors (Lipinski definition) is 8. The number of para-hydroxylation sites is 1. The van der Waals surface area contributed by atoms with Gasteiger partial charge in [0.15, 0.2) is 11.9 Å². The van der Waals surface area contributed by atoms with E-state index in [-0.39, 0.29) is 36.0 Å². The number of ether oxygens (including phenoxy) is 2. The molecule has 0 saturated heterocycles. The van der Waals surface area contributed by atoms with Crippen LogP contribution in [0.3, 0.4) is 0 Å². The summed E-state index contributed by atoms with van der Waals surface area (Å²) in [6.07, 6.45) is 0.470. The minimum Gasteiger partial charge on any atom is -0.489 e. The van der Waals surface area contributed by atoms with Gasteiger partial charge in [0.05, 0.1) is 23.8 Å². The lowest BCUT2D eigenvalue weighted by atomic mass is 10.1. The van der Waals surface area contributed by atoms with E-state index in [0.29, 0.717) is 22.2 Å². The van der Waals surface area contributed by atoms with Crippen LogP contribution < -0.4 is 10.3 Å². The van der Waals surface area contributed by atoms with Crippen molar-refractivity contribution in [2.45, 2.75) is 17.5 Å². The maximum absolute atomic E-state index is 13.1. The number of benzene rings is 4. The van der Waals surface area contributed by atoms with Gasteiger partial charge in [0.2, 0.25) is 0 Å². The summed E-state index contributed by atoms with van der Waals surface area (Å²) in [7, 11) is -2.17. The molecule has 11 heteroatoms. The van der Waals surface area contributed by atoms with Crippen molar-refractivity contribution >= 4 is 43.5 Å². The summed E-state index contributed by atoms with van der Waals surface area (Å²) in [6, 6.07) is 26.9. The minimum atomic E-state index is -3.84. The number of carbonyl (C=O) groups excluding carboxylic acids is 1. The summed E-state index contributed by atoms with van der Waals surface area (Å²) in [5, 5.41) is 2.28. The third-order valence-corrected chi connectivity index (χ3v) is 8.28. The molecule has 42 heavy (non-hydrogen) atoms. The Labute approximate surface area is 241 Å². The summed E-state index contributed by atoms with van der Waals surface area (Å²) < 4.78 is 42.4. The number of sulfonamides is 1. The molecule has 2 heterocycles. The smallest absolute Gasteiger partial charge is 0.326 e. The standard InChI is InChI=1S/C31H26N4O6S/c1-34(30-25-13-5-7-16-28(25)42(38,39)33-30)17-22(19-40-27-15-8-10-21-9-2-3-11-23(21)27)41-29(36)18-35-20-32-26-14-6-4-12-24(26)31(35)37/h2-16,20,22H,17-19H2,1H3/t22-/m0/s1. The van der Waals surface area contributed by atoms with Crippen LogP contribution in [0.2, 0.25) is 0 Å². The Kier molecular flexibility index (Phi) is 7.17. The number of amidine groups is 1. The molecule has 1 aromatic heterocycles. The van der Waals surface area contributed by atoms with E-state index < -0.39 is 22.1 Å². The number of fused-ring (bicyclic) bond motifs is 3. The summed E-state index contributed by atoms with van der Waals surface area (Å²) in [4.78, 5) is 32.1. The number of hydrogen-bond donors (Lipinski definition) is 0. The molecular weight excluding hydrogens is 556 g/mol. The number of esters is 1. The summed E-state index contributed by atoms with van der Waals surface area (Å²) >= 11 is 0. The first kappa shape index (κ1) is 27.2. The monoisotopic (exact) mass is 582 g/mol. The largest absolute Gasteiger partial charge is 0.489 e. The molecule has 0 radical (unpaired) electrons. The summed E-state index contributed by atoms with van der Waals surface area (Å²) in [5.41, 5.74) is 0.636. The van der Waals surface area contributed by atoms with Gasteiger partial charge in [-0.2, -0.15) is 8.42 Å². The SMILES string of the molecule is CN(C[C@@H](COc1cccc2ccccc12)OC(=O)Cn1cnc2ccccc2c1=O)C1=NS(=O)(=O)c2ccccc21. The average Bonchev–Trinajstić information content (AvgIpc) is 3.28. The van der Waals surface area contributed by atoms with E-state index in [1.54, 1.807) is 54.4 Å². The van der Waals surface area contributed by atoms with Crippen LogP contribution in [-0.2, 0) is 26.1 Å². The van der Waals surface area contributed by atoms with Crippen molar-refractivity contribution in [1.82, 2.24) is 14.5 Å². The maximum atomic E-state index is 13.1. The van der Waals surface area contributed by atoms with Crippen molar-refractivity contribution in [3.8, 4) is 5.75 Å². The quantitative estimate of drug-likeness (QED) is 0.255. The predicted molar refractivity (Wildman–Crippen MR) is 158 cm³/mol. The first-order valence-corrected chi connectivity index (χ1v) is 14.6. The van der Waals surface area contributed by atoms with Gasteiger partial charge in [0.1, 0.15) is 23.8 Å². The molecule has 6 rings (SSSR count). The average molecular weight is 583 g/mol. The number of aromatic nitrogens is 2. The molecule has 0 amide bonds. The van der Waals surface area contributed by atoms with E-state index in [2.05, 4.69) is 9.38 Å². The predicted octanol–water partition coefficient (Wildman–Crippen LogP) is 3.62. The zero-order valence-electron chi connectivity index (χ0n) is 22.6. The van der Waals surface area contributed by atoms with Gasteiger partial charge in [-0.15, -0.1) is 4.40 Å². The Morgan fingerprint density at radius 3 is 2.50 bits per heavy atom. The van der Waals surface area contributed by atoms with Gasteiger partial charge in [0.25, 0.3) is 15.6 Å². The van der Waals surface area contributed by atoms with Crippen molar-refractivity contribution in [3.63, 3.8) is 0 Å². The van der Waals surface area contributed by atoms with Crippen LogP contribution in [0.5, 0.6) is 5.75 Å². The van der Waals surface area contributed by atoms with Crippen molar-refractivity contribution in [1.29, 1.82) is 0 Å². The molecule has 1 aliphatic rings.